The molecule has 1 saturated heterocycles. The van der Waals surface area contributed by atoms with Crippen LogP contribution >= 0.6 is 0 Å². The number of carbonyl (C=O) groups is 1. The highest BCUT2D eigenvalue weighted by Crippen LogP contribution is 2.49. The molecule has 0 radical (unpaired) electrons. The molecular weight excluding hydrogens is 368 g/mol. The van der Waals surface area contributed by atoms with E-state index in [9.17, 15) is 9.90 Å². The molecule has 0 bridgehead atoms. The predicted octanol–water partition coefficient (Wildman–Crippen LogP) is 3.27. The highest BCUT2D eigenvalue weighted by Gasteiger charge is 2.49. The number of rotatable bonds is 6. The lowest BCUT2D eigenvalue weighted by atomic mass is 9.66. The number of aliphatic hydroxyl groups is 1. The van der Waals surface area contributed by atoms with Gasteiger partial charge in [0.05, 0.1) is 32.1 Å². The molecule has 1 aromatic heterocycles. The maximum Gasteiger partial charge on any atom is 0.234 e. The molecule has 29 heavy (non-hydrogen) atoms. The maximum absolute atomic E-state index is 12.6. The molecule has 6 heteroatoms. The van der Waals surface area contributed by atoms with Gasteiger partial charge >= 0.3 is 0 Å². The second kappa shape index (κ2) is 8.59. The Labute approximate surface area is 171 Å². The molecule has 2 aliphatic rings. The van der Waals surface area contributed by atoms with Gasteiger partial charge in [-0.1, -0.05) is 25.0 Å². The first kappa shape index (κ1) is 20.0. The number of hydrogen-bond donors (Lipinski definition) is 2. The summed E-state index contributed by atoms with van der Waals surface area (Å²) in [6.07, 6.45) is 6.36. The molecule has 156 valence electrons. The number of likely N-dealkylation sites (tertiary alicyclic amines) is 1. The van der Waals surface area contributed by atoms with Gasteiger partial charge < -0.3 is 19.6 Å². The lowest BCUT2D eigenvalue weighted by Crippen LogP contribution is -2.56. The first-order valence-electron chi connectivity index (χ1n) is 10.5. The molecule has 1 amide bonds. The average molecular weight is 399 g/mol. The number of piperidine rings is 1. The lowest BCUT2D eigenvalue weighted by molar-refractivity contribution is -0.138. The Balaban J connectivity index is 1.52. The number of benzene rings is 1. The number of nitrogens with zero attached hydrogens (tertiary/aromatic N) is 1. The van der Waals surface area contributed by atoms with Crippen LogP contribution in [0.15, 0.2) is 47.1 Å². The van der Waals surface area contributed by atoms with Crippen molar-refractivity contribution in [2.24, 2.45) is 5.92 Å². The standard InChI is InChI=1S/C23H30N2O4/c1-28-18-9-7-17(8-10-18)22-20-6-2-3-11-23(20,27)12-13-25(22)16-21(26)24-15-19-5-4-14-29-19/h4-5,7-10,14,20,22,27H,2-3,6,11-13,15-16H2,1H3,(H,24,26)/t20-,22-,23+/m0/s1. The van der Waals surface area contributed by atoms with E-state index in [0.717, 1.165) is 49.2 Å². The molecule has 1 aromatic carbocycles. The minimum absolute atomic E-state index is 0.0225. The fourth-order valence-corrected chi connectivity index (χ4v) is 5.00. The predicted molar refractivity (Wildman–Crippen MR) is 109 cm³/mol. The Bertz CT molecular complexity index is 805. The Morgan fingerprint density at radius 2 is 2.10 bits per heavy atom. The number of nitrogens with one attached hydrogen (secondary N) is 1. The van der Waals surface area contributed by atoms with Crippen LogP contribution in [0.5, 0.6) is 5.75 Å². The summed E-state index contributed by atoms with van der Waals surface area (Å²) in [6, 6.07) is 11.7. The van der Waals surface area contributed by atoms with E-state index < -0.39 is 5.60 Å². The first-order valence-corrected chi connectivity index (χ1v) is 10.5. The van der Waals surface area contributed by atoms with E-state index in [1.807, 2.05) is 24.3 Å². The second-order valence-electron chi connectivity index (χ2n) is 8.25. The minimum atomic E-state index is -0.635. The van der Waals surface area contributed by atoms with E-state index in [0.29, 0.717) is 19.6 Å². The van der Waals surface area contributed by atoms with Gasteiger partial charge in [-0.25, -0.2) is 0 Å². The third-order valence-corrected chi connectivity index (χ3v) is 6.52. The molecule has 2 N–H and O–H groups in total. The maximum atomic E-state index is 12.6. The fourth-order valence-electron chi connectivity index (χ4n) is 5.00. The highest BCUT2D eigenvalue weighted by molar-refractivity contribution is 5.78. The van der Waals surface area contributed by atoms with Gasteiger partial charge in [0.1, 0.15) is 11.5 Å². The molecule has 1 saturated carbocycles. The van der Waals surface area contributed by atoms with Crippen molar-refractivity contribution in [2.75, 3.05) is 20.2 Å². The van der Waals surface area contributed by atoms with Gasteiger partial charge in [0, 0.05) is 18.5 Å². The summed E-state index contributed by atoms with van der Waals surface area (Å²) in [6.45, 7) is 1.40. The topological polar surface area (TPSA) is 74.9 Å². The monoisotopic (exact) mass is 398 g/mol. The molecule has 3 atom stereocenters. The van der Waals surface area contributed by atoms with Crippen molar-refractivity contribution in [2.45, 2.75) is 50.3 Å². The van der Waals surface area contributed by atoms with Gasteiger partial charge in [0.25, 0.3) is 0 Å². The summed E-state index contributed by atoms with van der Waals surface area (Å²) in [5.74, 6) is 1.66. The molecule has 0 spiro atoms. The number of ether oxygens (including phenoxy) is 1. The number of hydrogen-bond acceptors (Lipinski definition) is 5. The van der Waals surface area contributed by atoms with Gasteiger partial charge in [-0.2, -0.15) is 0 Å². The SMILES string of the molecule is COc1ccc([C@H]2[C@@H]3CCCC[C@@]3(O)CCN2CC(=O)NCc2ccco2)cc1. The Morgan fingerprint density at radius 3 is 2.83 bits per heavy atom. The quantitative estimate of drug-likeness (QED) is 0.781. The zero-order valence-electron chi connectivity index (χ0n) is 17.0. The zero-order chi connectivity index (χ0) is 20.3. The van der Waals surface area contributed by atoms with Crippen LogP contribution in [0.3, 0.4) is 0 Å². The molecule has 1 aliphatic heterocycles. The van der Waals surface area contributed by atoms with E-state index in [1.54, 1.807) is 13.4 Å². The molecule has 1 aliphatic carbocycles. The lowest BCUT2D eigenvalue weighted by Gasteiger charge is -2.52. The average Bonchev–Trinajstić information content (AvgIpc) is 3.26. The van der Waals surface area contributed by atoms with Gasteiger partial charge in [0.15, 0.2) is 0 Å². The van der Waals surface area contributed by atoms with E-state index in [-0.39, 0.29) is 17.9 Å². The van der Waals surface area contributed by atoms with Crippen molar-refractivity contribution in [3.05, 3.63) is 54.0 Å². The molecule has 2 heterocycles. The van der Waals surface area contributed by atoms with Crippen LogP contribution in [0.1, 0.15) is 49.5 Å². The van der Waals surface area contributed by atoms with Gasteiger partial charge in [-0.15, -0.1) is 0 Å². The molecule has 2 fully saturated rings. The summed E-state index contributed by atoms with van der Waals surface area (Å²) in [4.78, 5) is 14.9. The van der Waals surface area contributed by atoms with Gasteiger partial charge in [0.2, 0.25) is 5.91 Å². The van der Waals surface area contributed by atoms with Crippen molar-refractivity contribution in [1.82, 2.24) is 10.2 Å². The normalized spacial score (nSPS) is 27.2. The Hall–Kier alpha value is -2.31. The third kappa shape index (κ3) is 4.33. The molecule has 0 unspecified atom stereocenters. The van der Waals surface area contributed by atoms with Crippen molar-refractivity contribution in [3.63, 3.8) is 0 Å². The van der Waals surface area contributed by atoms with Crippen LogP contribution in [-0.4, -0.2) is 41.7 Å². The molecular formula is C23H30N2O4. The van der Waals surface area contributed by atoms with Gasteiger partial charge in [-0.05, 0) is 49.1 Å². The van der Waals surface area contributed by atoms with E-state index in [1.165, 1.54) is 0 Å². The van der Waals surface area contributed by atoms with Crippen molar-refractivity contribution in [1.29, 1.82) is 0 Å². The van der Waals surface area contributed by atoms with Crippen LogP contribution in [-0.2, 0) is 11.3 Å². The largest absolute Gasteiger partial charge is 0.497 e. The summed E-state index contributed by atoms with van der Waals surface area (Å²) < 4.78 is 10.6. The number of methoxy groups -OCH3 is 1. The number of amides is 1. The number of furan rings is 1. The van der Waals surface area contributed by atoms with E-state index >= 15 is 0 Å². The van der Waals surface area contributed by atoms with Crippen LogP contribution in [0, 0.1) is 5.92 Å². The molecule has 6 nitrogen and oxygen atoms in total. The van der Waals surface area contributed by atoms with Crippen LogP contribution < -0.4 is 10.1 Å². The van der Waals surface area contributed by atoms with Gasteiger partial charge in [-0.3, -0.25) is 9.69 Å². The third-order valence-electron chi connectivity index (χ3n) is 6.52. The summed E-state index contributed by atoms with van der Waals surface area (Å²) in [5.41, 5.74) is 0.499. The van der Waals surface area contributed by atoms with E-state index in [2.05, 4.69) is 22.3 Å². The van der Waals surface area contributed by atoms with E-state index in [4.69, 9.17) is 9.15 Å². The summed E-state index contributed by atoms with van der Waals surface area (Å²) >= 11 is 0. The second-order valence-corrected chi connectivity index (χ2v) is 8.25. The first-order chi connectivity index (χ1) is 14.1. The number of fused-ring (bicyclic) bond motifs is 1. The summed E-state index contributed by atoms with van der Waals surface area (Å²) in [5, 5.41) is 14.3. The Kier molecular flexibility index (Phi) is 5.92. The van der Waals surface area contributed by atoms with Crippen LogP contribution in [0.4, 0.5) is 0 Å². The molecule has 2 aromatic rings. The smallest absolute Gasteiger partial charge is 0.234 e. The minimum Gasteiger partial charge on any atom is -0.497 e. The zero-order valence-corrected chi connectivity index (χ0v) is 17.0. The van der Waals surface area contributed by atoms with Crippen molar-refractivity contribution in [3.8, 4) is 5.75 Å². The molecule has 4 rings (SSSR count). The summed E-state index contributed by atoms with van der Waals surface area (Å²) in [7, 11) is 1.66. The highest BCUT2D eigenvalue weighted by atomic mass is 16.5. The van der Waals surface area contributed by atoms with Crippen LogP contribution in [0.25, 0.3) is 0 Å². The fraction of sp³-hybridized carbons (Fsp3) is 0.522. The van der Waals surface area contributed by atoms with Crippen molar-refractivity contribution >= 4 is 5.91 Å². The van der Waals surface area contributed by atoms with Crippen LogP contribution in [0.2, 0.25) is 0 Å². The Morgan fingerprint density at radius 1 is 1.28 bits per heavy atom. The van der Waals surface area contributed by atoms with Crippen molar-refractivity contribution < 1.29 is 19.1 Å². The number of carbonyl (C=O) groups excluding carboxylic acids is 1.